The number of hydrogen-bond donors (Lipinski definition) is 2. The zero-order chi connectivity index (χ0) is 46.3. The molecule has 1 aromatic carbocycles. The summed E-state index contributed by atoms with van der Waals surface area (Å²) in [7, 11) is 1.77. The van der Waals surface area contributed by atoms with Crippen LogP contribution in [0.2, 0.25) is 0 Å². The van der Waals surface area contributed by atoms with Crippen LogP contribution in [-0.2, 0) is 26.1 Å². The number of likely N-dealkylation sites (tertiary alicyclic amines) is 1. The van der Waals surface area contributed by atoms with Gasteiger partial charge in [-0.05, 0) is 56.6 Å². The van der Waals surface area contributed by atoms with Gasteiger partial charge in [-0.25, -0.2) is 22.7 Å². The highest BCUT2D eigenvalue weighted by molar-refractivity contribution is 6.08. The fourth-order valence-electron chi connectivity index (χ4n) is 9.58. The molecule has 0 radical (unpaired) electrons. The molecule has 3 aliphatic heterocycles. The quantitative estimate of drug-likeness (QED) is 0.103. The lowest BCUT2D eigenvalue weighted by Crippen LogP contribution is -2.54. The highest BCUT2D eigenvalue weighted by atomic mass is 19.4. The van der Waals surface area contributed by atoms with Crippen molar-refractivity contribution in [1.29, 1.82) is 0 Å². The lowest BCUT2D eigenvalue weighted by molar-refractivity contribution is -0.167. The Morgan fingerprint density at radius 1 is 1.08 bits per heavy atom. The second kappa shape index (κ2) is 18.7. The van der Waals surface area contributed by atoms with E-state index in [-0.39, 0.29) is 79.2 Å². The molecule has 1 aliphatic carbocycles. The fraction of sp³-hybridized carbons (Fsp3) is 0.523. The Labute approximate surface area is 373 Å². The first-order chi connectivity index (χ1) is 31.7. The third-order valence-electron chi connectivity index (χ3n) is 12.9. The van der Waals surface area contributed by atoms with Gasteiger partial charge in [-0.15, -0.1) is 0 Å². The van der Waals surface area contributed by atoms with Crippen LogP contribution in [0.25, 0.3) is 16.6 Å². The number of fused-ring (bicyclic) bond motifs is 2. The summed E-state index contributed by atoms with van der Waals surface area (Å²) in [6.45, 7) is 0.942. The zero-order valence-corrected chi connectivity index (χ0v) is 35.8. The summed E-state index contributed by atoms with van der Waals surface area (Å²) in [5, 5.41) is 18.5. The number of hydrogen-bond acceptors (Lipinski definition) is 11. The van der Waals surface area contributed by atoms with E-state index in [0.29, 0.717) is 50.0 Å². The first-order valence-electron chi connectivity index (χ1n) is 21.9. The summed E-state index contributed by atoms with van der Waals surface area (Å²) in [4.78, 5) is 45.2. The Balaban J connectivity index is 0.764. The molecule has 66 heavy (non-hydrogen) atoms. The maximum atomic E-state index is 15.5. The van der Waals surface area contributed by atoms with Gasteiger partial charge in [0, 0.05) is 57.4 Å². The number of nitrogens with one attached hydrogen (secondary N) is 2. The minimum absolute atomic E-state index is 0.0260. The van der Waals surface area contributed by atoms with Gasteiger partial charge in [0.15, 0.2) is 11.3 Å². The molecular formula is C44H47F6N11O5. The van der Waals surface area contributed by atoms with Gasteiger partial charge in [0.1, 0.15) is 30.2 Å². The van der Waals surface area contributed by atoms with Crippen molar-refractivity contribution in [1.82, 2.24) is 44.4 Å². The number of nitrogens with zero attached hydrogens (tertiary/aromatic N) is 9. The van der Waals surface area contributed by atoms with E-state index in [4.69, 9.17) is 9.47 Å². The molecule has 350 valence electrons. The van der Waals surface area contributed by atoms with E-state index in [1.807, 2.05) is 18.2 Å². The standard InChI is InChI=1S/C44H47F6N11O5/c1-57-39-26(4-2-6-28(39)37(55-57)29-11-12-36(62)54-42(29)63)5-3-18-66-33-13-15-58(22-31(33)45)21-25-7-9-27(10-8-25)61-23-32(38(56-61)40(46)47)52-43(64)30-20-51-60-16-14-35(53-41(30)60)59-17-19-65-24-34(59)44(48,49)50/h2,4,6,14,16,20,23,25,27,29,31,33-34,40H,7-13,15,17-19,21-22,24H2,1H3,(H,52,64)(H,54,62,63)/t25-,27-,29?,31-,33+,34?/m0/s1. The second-order valence-electron chi connectivity index (χ2n) is 17.2. The molecule has 4 aliphatic rings. The monoisotopic (exact) mass is 923 g/mol. The predicted molar refractivity (Wildman–Crippen MR) is 226 cm³/mol. The smallest absolute Gasteiger partial charge is 0.377 e. The van der Waals surface area contributed by atoms with Gasteiger partial charge in [0.25, 0.3) is 12.3 Å². The number of carbonyl (C=O) groups is 3. The second-order valence-corrected chi connectivity index (χ2v) is 17.2. The molecule has 1 saturated carbocycles. The van der Waals surface area contributed by atoms with E-state index in [0.717, 1.165) is 28.6 Å². The van der Waals surface area contributed by atoms with Crippen LogP contribution in [0.5, 0.6) is 0 Å². The number of rotatable bonds is 10. The average molecular weight is 924 g/mol. The van der Waals surface area contributed by atoms with Gasteiger partial charge >= 0.3 is 6.18 Å². The molecule has 16 nitrogen and oxygen atoms in total. The van der Waals surface area contributed by atoms with Crippen molar-refractivity contribution in [2.75, 3.05) is 56.2 Å². The van der Waals surface area contributed by atoms with Crippen LogP contribution in [0.4, 0.5) is 37.8 Å². The molecule has 4 atom stereocenters. The average Bonchev–Trinajstić information content (AvgIpc) is 4.01. The lowest BCUT2D eigenvalue weighted by Gasteiger charge is -2.38. The first-order valence-corrected chi connectivity index (χ1v) is 21.9. The van der Waals surface area contributed by atoms with E-state index in [1.165, 1.54) is 33.9 Å². The Morgan fingerprint density at radius 2 is 1.89 bits per heavy atom. The molecule has 2 N–H and O–H groups in total. The van der Waals surface area contributed by atoms with Crippen molar-refractivity contribution in [2.24, 2.45) is 13.0 Å². The number of para-hydroxylation sites is 1. The van der Waals surface area contributed by atoms with Crippen LogP contribution >= 0.6 is 0 Å². The summed E-state index contributed by atoms with van der Waals surface area (Å²) in [5.74, 6) is 4.32. The topological polar surface area (TPSA) is 166 Å². The van der Waals surface area contributed by atoms with Crippen LogP contribution in [0, 0.1) is 17.8 Å². The minimum Gasteiger partial charge on any atom is -0.377 e. The van der Waals surface area contributed by atoms with Crippen LogP contribution in [0.1, 0.15) is 90.6 Å². The summed E-state index contributed by atoms with van der Waals surface area (Å²) in [6, 6.07) is 4.75. The lowest BCUT2D eigenvalue weighted by atomic mass is 9.85. The number of imide groups is 1. The van der Waals surface area contributed by atoms with Crippen molar-refractivity contribution >= 4 is 45.8 Å². The molecule has 0 bridgehead atoms. The summed E-state index contributed by atoms with van der Waals surface area (Å²) < 4.78 is 101. The number of morpholine rings is 1. The van der Waals surface area contributed by atoms with Gasteiger partial charge in [0.2, 0.25) is 11.8 Å². The Bertz CT molecular complexity index is 2680. The Kier molecular flexibility index (Phi) is 12.8. The maximum Gasteiger partial charge on any atom is 0.411 e. The number of halogens is 6. The molecule has 2 unspecified atom stereocenters. The predicted octanol–water partition coefficient (Wildman–Crippen LogP) is 5.50. The largest absolute Gasteiger partial charge is 0.411 e. The number of amides is 3. The van der Waals surface area contributed by atoms with E-state index in [2.05, 4.69) is 47.7 Å². The number of aryl methyl sites for hydroxylation is 1. The molecule has 9 rings (SSSR count). The maximum absolute atomic E-state index is 15.5. The highest BCUT2D eigenvalue weighted by Gasteiger charge is 2.46. The number of ether oxygens (including phenoxy) is 2. The summed E-state index contributed by atoms with van der Waals surface area (Å²) in [6.07, 6.45) is -1.63. The first kappa shape index (κ1) is 45.1. The van der Waals surface area contributed by atoms with Crippen LogP contribution in [0.15, 0.2) is 42.9 Å². The third kappa shape index (κ3) is 9.33. The van der Waals surface area contributed by atoms with Crippen molar-refractivity contribution in [3.63, 3.8) is 0 Å². The van der Waals surface area contributed by atoms with Gasteiger partial charge in [0.05, 0.1) is 59.9 Å². The molecule has 4 fully saturated rings. The van der Waals surface area contributed by atoms with Gasteiger partial charge < -0.3 is 19.7 Å². The van der Waals surface area contributed by atoms with Gasteiger partial charge in [-0.1, -0.05) is 24.0 Å². The van der Waals surface area contributed by atoms with Crippen molar-refractivity contribution in [3.05, 3.63) is 65.4 Å². The number of alkyl halides is 6. The SMILES string of the molecule is Cn1nc(C2CCC(=O)NC2=O)c2cccc(C#CCO[C@@H]3CCN(C[C@H]4CC[C@H](n5cc(NC(=O)c6cnn7ccc(N8CCOCC8C(F)(F)F)nc67)c(C(F)F)n5)CC4)C[C@@H]3F)c21. The van der Waals surface area contributed by atoms with Crippen molar-refractivity contribution in [3.8, 4) is 11.8 Å². The van der Waals surface area contributed by atoms with Crippen LogP contribution in [-0.4, -0.2) is 127 Å². The summed E-state index contributed by atoms with van der Waals surface area (Å²) in [5.41, 5.74) is 1.04. The van der Waals surface area contributed by atoms with Crippen LogP contribution in [0.3, 0.4) is 0 Å². The van der Waals surface area contributed by atoms with E-state index >= 15 is 4.39 Å². The molecule has 5 aromatic rings. The zero-order valence-electron chi connectivity index (χ0n) is 35.8. The molecule has 3 amide bonds. The molecular weight excluding hydrogens is 877 g/mol. The minimum atomic E-state index is -4.59. The molecule has 22 heteroatoms. The highest BCUT2D eigenvalue weighted by Crippen LogP contribution is 2.37. The number of piperidine rings is 2. The summed E-state index contributed by atoms with van der Waals surface area (Å²) >= 11 is 0. The van der Waals surface area contributed by atoms with E-state index < -0.39 is 55.0 Å². The van der Waals surface area contributed by atoms with Crippen molar-refractivity contribution in [2.45, 2.75) is 87.8 Å². The Hall–Kier alpha value is -6.05. The number of aromatic nitrogens is 7. The number of benzene rings is 1. The third-order valence-corrected chi connectivity index (χ3v) is 12.9. The van der Waals surface area contributed by atoms with E-state index in [9.17, 15) is 36.3 Å². The molecule has 3 saturated heterocycles. The number of carbonyl (C=O) groups excluding carboxylic acids is 3. The van der Waals surface area contributed by atoms with Gasteiger partial charge in [-0.3, -0.25) is 34.0 Å². The number of anilines is 2. The van der Waals surface area contributed by atoms with Crippen LogP contribution < -0.4 is 15.5 Å². The fourth-order valence-corrected chi connectivity index (χ4v) is 9.58. The van der Waals surface area contributed by atoms with E-state index in [1.54, 1.807) is 11.7 Å². The molecule has 7 heterocycles. The normalized spacial score (nSPS) is 24.5. The molecule has 4 aromatic heterocycles. The van der Waals surface area contributed by atoms with Gasteiger partial charge in [-0.2, -0.15) is 28.5 Å². The van der Waals surface area contributed by atoms with Crippen molar-refractivity contribution < 1.29 is 50.2 Å². The molecule has 0 spiro atoms. The Morgan fingerprint density at radius 3 is 2.65 bits per heavy atom.